The van der Waals surface area contributed by atoms with Gasteiger partial charge in [0.2, 0.25) is 5.88 Å². The number of nitrogens with zero attached hydrogens (tertiary/aromatic N) is 4. The van der Waals surface area contributed by atoms with Crippen LogP contribution in [0.1, 0.15) is 35.6 Å². The highest BCUT2D eigenvalue weighted by Crippen LogP contribution is 2.45. The molecule has 0 saturated heterocycles. The Kier molecular flexibility index (Phi) is 3.98. The molecule has 0 atom stereocenters. The Balaban J connectivity index is 2.02. The van der Waals surface area contributed by atoms with Crippen LogP contribution in [0.3, 0.4) is 0 Å². The summed E-state index contributed by atoms with van der Waals surface area (Å²) in [6.45, 7) is 0. The number of hydrogen-bond acceptors (Lipinski definition) is 4. The maximum Gasteiger partial charge on any atom is 0.416 e. The van der Waals surface area contributed by atoms with Gasteiger partial charge in [0.1, 0.15) is 11.8 Å². The van der Waals surface area contributed by atoms with Crippen molar-refractivity contribution in [2.45, 2.75) is 24.9 Å². The first-order chi connectivity index (χ1) is 12.7. The number of rotatable bonds is 2. The normalized spacial score (nSPS) is 14.5. The summed E-state index contributed by atoms with van der Waals surface area (Å²) in [7, 11) is 0. The van der Waals surface area contributed by atoms with Crippen molar-refractivity contribution in [3.63, 3.8) is 0 Å². The Morgan fingerprint density at radius 1 is 1.19 bits per heavy atom. The van der Waals surface area contributed by atoms with Gasteiger partial charge < -0.3 is 5.11 Å². The first-order valence-electron chi connectivity index (χ1n) is 7.80. The fourth-order valence-corrected chi connectivity index (χ4v) is 3.66. The minimum absolute atomic E-state index is 0.0337. The third-order valence-corrected chi connectivity index (χ3v) is 4.91. The second-order valence-corrected chi connectivity index (χ2v) is 7.02. The van der Waals surface area contributed by atoms with Gasteiger partial charge in [-0.05, 0) is 36.5 Å². The van der Waals surface area contributed by atoms with E-state index in [0.717, 1.165) is 35.2 Å². The summed E-state index contributed by atoms with van der Waals surface area (Å²) < 4.78 is 40.0. The van der Waals surface area contributed by atoms with Crippen LogP contribution in [0.5, 0.6) is 5.88 Å². The monoisotopic (exact) mass is 412 g/mol. The van der Waals surface area contributed by atoms with Crippen LogP contribution >= 0.6 is 23.2 Å². The molecule has 0 unspecified atom stereocenters. The van der Waals surface area contributed by atoms with Crippen molar-refractivity contribution in [2.75, 3.05) is 0 Å². The molecule has 138 valence electrons. The predicted octanol–water partition coefficient (Wildman–Crippen LogP) is 5.20. The highest BCUT2D eigenvalue weighted by Gasteiger charge is 2.34. The van der Waals surface area contributed by atoms with E-state index in [9.17, 15) is 23.5 Å². The number of nitriles is 1. The summed E-state index contributed by atoms with van der Waals surface area (Å²) >= 11 is 12.1. The summed E-state index contributed by atoms with van der Waals surface area (Å²) in [5.41, 5.74) is -0.187. The molecule has 1 aromatic carbocycles. The SMILES string of the molecule is N#Cc1nn(-c2c(Cl)cc(C(F)(F)F)cc2Cl)c2nc(O)cc(C3CC3)c12. The number of aromatic hydroxyl groups is 1. The van der Waals surface area contributed by atoms with Crippen LogP contribution in [0.25, 0.3) is 16.7 Å². The van der Waals surface area contributed by atoms with E-state index in [1.807, 2.05) is 6.07 Å². The molecule has 1 aliphatic carbocycles. The summed E-state index contributed by atoms with van der Waals surface area (Å²) in [4.78, 5) is 4.01. The van der Waals surface area contributed by atoms with Crippen molar-refractivity contribution in [3.8, 4) is 17.6 Å². The summed E-state index contributed by atoms with van der Waals surface area (Å²) in [5, 5.41) is 23.4. The van der Waals surface area contributed by atoms with Gasteiger partial charge in [-0.1, -0.05) is 23.2 Å². The molecule has 0 spiro atoms. The first-order valence-corrected chi connectivity index (χ1v) is 8.55. The lowest BCUT2D eigenvalue weighted by molar-refractivity contribution is -0.137. The van der Waals surface area contributed by atoms with Gasteiger partial charge in [0.05, 0.1) is 21.0 Å². The predicted molar refractivity (Wildman–Crippen MR) is 92.2 cm³/mol. The molecule has 0 amide bonds. The van der Waals surface area contributed by atoms with E-state index >= 15 is 0 Å². The quantitative estimate of drug-likeness (QED) is 0.627. The van der Waals surface area contributed by atoms with Crippen LogP contribution in [0, 0.1) is 11.3 Å². The number of aromatic nitrogens is 3. The summed E-state index contributed by atoms with van der Waals surface area (Å²) in [6, 6.07) is 4.89. The molecule has 2 aromatic heterocycles. The number of halogens is 5. The van der Waals surface area contributed by atoms with Gasteiger partial charge in [-0.2, -0.15) is 28.5 Å². The second-order valence-electron chi connectivity index (χ2n) is 6.20. The molecule has 10 heteroatoms. The molecule has 1 fully saturated rings. The topological polar surface area (TPSA) is 74.7 Å². The molecule has 0 bridgehead atoms. The van der Waals surface area contributed by atoms with Crippen molar-refractivity contribution < 1.29 is 18.3 Å². The summed E-state index contributed by atoms with van der Waals surface area (Å²) in [6.07, 6.45) is -2.82. The molecule has 1 saturated carbocycles. The van der Waals surface area contributed by atoms with Gasteiger partial charge in [0.15, 0.2) is 11.3 Å². The highest BCUT2D eigenvalue weighted by molar-refractivity contribution is 6.38. The molecular formula is C17H9Cl2F3N4O. The zero-order valence-corrected chi connectivity index (χ0v) is 14.9. The van der Waals surface area contributed by atoms with E-state index in [1.165, 1.54) is 6.07 Å². The zero-order chi connectivity index (χ0) is 19.5. The molecular weight excluding hydrogens is 404 g/mol. The van der Waals surface area contributed by atoms with E-state index in [4.69, 9.17) is 23.2 Å². The van der Waals surface area contributed by atoms with Gasteiger partial charge in [-0.15, -0.1) is 0 Å². The molecule has 27 heavy (non-hydrogen) atoms. The van der Waals surface area contributed by atoms with Crippen molar-refractivity contribution in [3.05, 3.63) is 45.1 Å². The van der Waals surface area contributed by atoms with Gasteiger partial charge in [-0.25, -0.2) is 4.68 Å². The lowest BCUT2D eigenvalue weighted by atomic mass is 10.1. The van der Waals surface area contributed by atoms with Gasteiger partial charge in [0.25, 0.3) is 0 Å². The van der Waals surface area contributed by atoms with Crippen LogP contribution in [0.15, 0.2) is 18.2 Å². The average molecular weight is 413 g/mol. The number of hydrogen-bond donors (Lipinski definition) is 1. The number of alkyl halides is 3. The van der Waals surface area contributed by atoms with Crippen LogP contribution in [-0.2, 0) is 6.18 Å². The maximum absolute atomic E-state index is 13.0. The van der Waals surface area contributed by atoms with Crippen molar-refractivity contribution in [2.24, 2.45) is 0 Å². The number of benzene rings is 1. The first kappa shape index (κ1) is 17.9. The van der Waals surface area contributed by atoms with Crippen LogP contribution in [-0.4, -0.2) is 19.9 Å². The standard InChI is InChI=1S/C17H9Cl2F3N4O/c18-10-3-8(17(20,21)22)4-11(19)15(10)26-16-14(12(6-23)25-26)9(7-1-2-7)5-13(27)24-16/h3-5,7H,1-2H2,(H,24,27). The van der Waals surface area contributed by atoms with Gasteiger partial charge in [-0.3, -0.25) is 0 Å². The minimum Gasteiger partial charge on any atom is -0.493 e. The molecule has 4 rings (SSSR count). The van der Waals surface area contributed by atoms with Crippen LogP contribution in [0.4, 0.5) is 13.2 Å². The Labute approximate surface area is 160 Å². The molecule has 3 aromatic rings. The molecule has 5 nitrogen and oxygen atoms in total. The molecule has 0 radical (unpaired) electrons. The lowest BCUT2D eigenvalue weighted by Gasteiger charge is -2.13. The molecule has 1 aliphatic rings. The zero-order valence-electron chi connectivity index (χ0n) is 13.3. The van der Waals surface area contributed by atoms with Crippen molar-refractivity contribution in [1.29, 1.82) is 5.26 Å². The Bertz CT molecular complexity index is 1110. The molecule has 0 aliphatic heterocycles. The molecule has 1 N–H and O–H groups in total. The van der Waals surface area contributed by atoms with E-state index in [2.05, 4.69) is 10.1 Å². The highest BCUT2D eigenvalue weighted by atomic mass is 35.5. The second kappa shape index (κ2) is 6.01. The van der Waals surface area contributed by atoms with E-state index < -0.39 is 11.7 Å². The Hall–Kier alpha value is -2.50. The fourth-order valence-electron chi connectivity index (χ4n) is 3.01. The molecule has 2 heterocycles. The number of fused-ring (bicyclic) bond motifs is 1. The van der Waals surface area contributed by atoms with Gasteiger partial charge >= 0.3 is 6.18 Å². The third kappa shape index (κ3) is 2.97. The Morgan fingerprint density at radius 3 is 2.33 bits per heavy atom. The Morgan fingerprint density at radius 2 is 1.81 bits per heavy atom. The van der Waals surface area contributed by atoms with Gasteiger partial charge in [0, 0.05) is 6.07 Å². The average Bonchev–Trinajstić information content (AvgIpc) is 3.35. The maximum atomic E-state index is 13.0. The number of pyridine rings is 1. The van der Waals surface area contributed by atoms with E-state index in [0.29, 0.717) is 5.39 Å². The minimum atomic E-state index is -4.62. The summed E-state index contributed by atoms with van der Waals surface area (Å²) in [5.74, 6) is -0.112. The fraction of sp³-hybridized carbons (Fsp3) is 0.235. The lowest BCUT2D eigenvalue weighted by Crippen LogP contribution is -2.07. The smallest absolute Gasteiger partial charge is 0.416 e. The third-order valence-electron chi connectivity index (χ3n) is 4.33. The van der Waals surface area contributed by atoms with E-state index in [-0.39, 0.29) is 38.9 Å². The largest absolute Gasteiger partial charge is 0.493 e. The van der Waals surface area contributed by atoms with Crippen LogP contribution in [0.2, 0.25) is 10.0 Å². The van der Waals surface area contributed by atoms with Crippen molar-refractivity contribution in [1.82, 2.24) is 14.8 Å². The van der Waals surface area contributed by atoms with Crippen molar-refractivity contribution >= 4 is 34.2 Å². The van der Waals surface area contributed by atoms with Crippen LogP contribution < -0.4 is 0 Å². The van der Waals surface area contributed by atoms with E-state index in [1.54, 1.807) is 0 Å².